The van der Waals surface area contributed by atoms with Crippen LogP contribution in [0.1, 0.15) is 43.6 Å². The second kappa shape index (κ2) is 18.8. The number of nitro groups is 1. The number of nitro benzene ring substituents is 1. The van der Waals surface area contributed by atoms with Crippen LogP contribution < -0.4 is 10.6 Å². The number of rotatable bonds is 19. The zero-order valence-electron chi connectivity index (χ0n) is 22.9. The van der Waals surface area contributed by atoms with Crippen molar-refractivity contribution in [3.63, 3.8) is 0 Å². The van der Waals surface area contributed by atoms with E-state index in [4.69, 9.17) is 28.4 Å². The van der Waals surface area contributed by atoms with Crippen molar-refractivity contribution in [2.75, 3.05) is 65.9 Å². The highest BCUT2D eigenvalue weighted by Crippen LogP contribution is 2.19. The number of nitrogens with one attached hydrogen (secondary N) is 2. The number of alkyl carbamates (subject to hydrolysis) is 1. The molecule has 0 bridgehead atoms. The first-order chi connectivity index (χ1) is 18.5. The summed E-state index contributed by atoms with van der Waals surface area (Å²) in [6.45, 7) is 9.66. The van der Waals surface area contributed by atoms with Crippen LogP contribution in [0.5, 0.6) is 0 Å². The van der Waals surface area contributed by atoms with Gasteiger partial charge in [0.15, 0.2) is 0 Å². The minimum absolute atomic E-state index is 0.0525. The maximum atomic E-state index is 12.5. The van der Waals surface area contributed by atoms with E-state index in [0.29, 0.717) is 58.4 Å². The fourth-order valence-electron chi connectivity index (χ4n) is 2.83. The first-order valence-corrected chi connectivity index (χ1v) is 12.5. The number of benzene rings is 1. The number of non-ortho nitro benzene ring substituents is 1. The van der Waals surface area contributed by atoms with Crippen molar-refractivity contribution in [1.29, 1.82) is 0 Å². The molecular formula is C25H39N3O11. The van der Waals surface area contributed by atoms with Crippen LogP contribution in [0.4, 0.5) is 10.5 Å². The van der Waals surface area contributed by atoms with E-state index in [-0.39, 0.29) is 31.0 Å². The highest BCUT2D eigenvalue weighted by molar-refractivity contribution is 5.96. The second-order valence-corrected chi connectivity index (χ2v) is 9.01. The highest BCUT2D eigenvalue weighted by atomic mass is 16.6. The summed E-state index contributed by atoms with van der Waals surface area (Å²) in [4.78, 5) is 45.5. The Morgan fingerprint density at radius 3 is 1.85 bits per heavy atom. The third kappa shape index (κ3) is 17.0. The van der Waals surface area contributed by atoms with Gasteiger partial charge in [-0.1, -0.05) is 0 Å². The number of carbonyl (C=O) groups is 3. The van der Waals surface area contributed by atoms with Crippen molar-refractivity contribution in [2.24, 2.45) is 0 Å². The van der Waals surface area contributed by atoms with E-state index in [1.807, 2.05) is 0 Å². The first kappa shape index (κ1) is 33.7. The molecular weight excluding hydrogens is 518 g/mol. The molecule has 14 nitrogen and oxygen atoms in total. The van der Waals surface area contributed by atoms with Gasteiger partial charge in [-0.3, -0.25) is 19.7 Å². The van der Waals surface area contributed by atoms with E-state index in [9.17, 15) is 24.5 Å². The van der Waals surface area contributed by atoms with E-state index in [0.717, 1.165) is 6.07 Å². The largest absolute Gasteiger partial charge is 0.461 e. The van der Waals surface area contributed by atoms with Crippen molar-refractivity contribution < 1.29 is 47.7 Å². The Morgan fingerprint density at radius 1 is 0.846 bits per heavy atom. The third-order valence-electron chi connectivity index (χ3n) is 4.54. The molecule has 0 fully saturated rings. The first-order valence-electron chi connectivity index (χ1n) is 12.5. The average molecular weight is 558 g/mol. The van der Waals surface area contributed by atoms with Crippen molar-refractivity contribution >= 4 is 23.7 Å². The predicted octanol–water partition coefficient (Wildman–Crippen LogP) is 1.98. The van der Waals surface area contributed by atoms with Gasteiger partial charge in [0.2, 0.25) is 0 Å². The van der Waals surface area contributed by atoms with Gasteiger partial charge < -0.3 is 39.1 Å². The molecule has 0 aliphatic heterocycles. The Labute approximate surface area is 227 Å². The molecule has 0 atom stereocenters. The maximum Gasteiger partial charge on any atom is 0.407 e. The van der Waals surface area contributed by atoms with Gasteiger partial charge >= 0.3 is 12.1 Å². The highest BCUT2D eigenvalue weighted by Gasteiger charge is 2.17. The second-order valence-electron chi connectivity index (χ2n) is 9.01. The summed E-state index contributed by atoms with van der Waals surface area (Å²) in [5.41, 5.74) is -0.380. The van der Waals surface area contributed by atoms with E-state index >= 15 is 0 Å². The summed E-state index contributed by atoms with van der Waals surface area (Å²) < 4.78 is 31.5. The lowest BCUT2D eigenvalue weighted by molar-refractivity contribution is -0.384. The molecule has 1 aromatic carbocycles. The lowest BCUT2D eigenvalue weighted by Crippen LogP contribution is -2.34. The van der Waals surface area contributed by atoms with Crippen LogP contribution in [-0.4, -0.2) is 94.4 Å². The molecule has 0 aliphatic carbocycles. The molecule has 0 aromatic heterocycles. The molecule has 0 spiro atoms. The summed E-state index contributed by atoms with van der Waals surface area (Å²) in [5, 5.41) is 16.3. The Bertz CT molecular complexity index is 919. The van der Waals surface area contributed by atoms with Gasteiger partial charge in [-0.15, -0.1) is 0 Å². The lowest BCUT2D eigenvalue weighted by atomic mass is 10.1. The van der Waals surface area contributed by atoms with Crippen LogP contribution in [0, 0.1) is 10.1 Å². The predicted molar refractivity (Wildman–Crippen MR) is 138 cm³/mol. The fraction of sp³-hybridized carbons (Fsp3) is 0.640. The van der Waals surface area contributed by atoms with Gasteiger partial charge in [0.1, 0.15) is 12.2 Å². The van der Waals surface area contributed by atoms with Crippen LogP contribution in [-0.2, 0) is 39.8 Å². The minimum atomic E-state index is -0.608. The molecule has 1 rings (SSSR count). The SMILES string of the molecule is CC(=O)OCc1ccc([N+](=O)[O-])cc1C(=O)NCCOCCOCCOCCOCCNC(=O)OC(C)(C)C. The number of esters is 1. The normalized spacial score (nSPS) is 11.1. The zero-order chi connectivity index (χ0) is 29.1. The number of nitrogens with zero attached hydrogens (tertiary/aromatic N) is 1. The summed E-state index contributed by atoms with van der Waals surface area (Å²) in [6, 6.07) is 3.76. The smallest absolute Gasteiger partial charge is 0.407 e. The van der Waals surface area contributed by atoms with Crippen LogP contribution in [0.25, 0.3) is 0 Å². The molecule has 220 valence electrons. The molecule has 0 aliphatic rings. The number of amides is 2. The molecule has 0 saturated carbocycles. The van der Waals surface area contributed by atoms with Crippen LogP contribution >= 0.6 is 0 Å². The summed E-state index contributed by atoms with van der Waals surface area (Å²) in [5.74, 6) is -1.07. The van der Waals surface area contributed by atoms with E-state index in [2.05, 4.69) is 10.6 Å². The lowest BCUT2D eigenvalue weighted by Gasteiger charge is -2.19. The van der Waals surface area contributed by atoms with Gasteiger partial charge in [0, 0.05) is 37.7 Å². The standard InChI is InChI=1S/C25H39N3O11/c1-19(29)38-18-20-5-6-21(28(32)33)17-22(20)23(30)26-7-9-34-11-13-36-15-16-37-14-12-35-10-8-27-24(31)39-25(2,3)4/h5-6,17H,7-16,18H2,1-4H3,(H,26,30)(H,27,31). The maximum absolute atomic E-state index is 12.5. The molecule has 0 saturated heterocycles. The van der Waals surface area contributed by atoms with Crippen molar-refractivity contribution in [1.82, 2.24) is 10.6 Å². The minimum Gasteiger partial charge on any atom is -0.461 e. The van der Waals surface area contributed by atoms with Crippen molar-refractivity contribution in [3.05, 3.63) is 39.4 Å². The Balaban J connectivity index is 2.06. The summed E-state index contributed by atoms with van der Waals surface area (Å²) >= 11 is 0. The van der Waals surface area contributed by atoms with E-state index in [1.165, 1.54) is 19.1 Å². The Hall–Kier alpha value is -3.33. The zero-order valence-corrected chi connectivity index (χ0v) is 22.9. The molecule has 1 aromatic rings. The van der Waals surface area contributed by atoms with Gasteiger partial charge in [-0.25, -0.2) is 4.79 Å². The molecule has 0 unspecified atom stereocenters. The Kier molecular flexibility index (Phi) is 16.3. The molecule has 39 heavy (non-hydrogen) atoms. The Morgan fingerprint density at radius 2 is 1.36 bits per heavy atom. The summed E-state index contributed by atoms with van der Waals surface area (Å²) in [7, 11) is 0. The average Bonchev–Trinajstić information content (AvgIpc) is 2.85. The number of carbonyl (C=O) groups excluding carboxylic acids is 3. The number of ether oxygens (including phenoxy) is 6. The molecule has 2 N–H and O–H groups in total. The van der Waals surface area contributed by atoms with Gasteiger partial charge in [-0.2, -0.15) is 0 Å². The van der Waals surface area contributed by atoms with Crippen molar-refractivity contribution in [3.8, 4) is 0 Å². The van der Waals surface area contributed by atoms with Gasteiger partial charge in [0.05, 0.1) is 63.3 Å². The fourth-order valence-corrected chi connectivity index (χ4v) is 2.83. The molecule has 0 heterocycles. The quantitative estimate of drug-likeness (QED) is 0.110. The van der Waals surface area contributed by atoms with Crippen LogP contribution in [0.3, 0.4) is 0 Å². The van der Waals surface area contributed by atoms with Crippen molar-refractivity contribution in [2.45, 2.75) is 39.9 Å². The topological polar surface area (TPSA) is 174 Å². The molecule has 2 amide bonds. The monoisotopic (exact) mass is 557 g/mol. The molecule has 14 heteroatoms. The van der Waals surface area contributed by atoms with E-state index in [1.54, 1.807) is 20.8 Å². The summed E-state index contributed by atoms with van der Waals surface area (Å²) in [6.07, 6.45) is -0.486. The van der Waals surface area contributed by atoms with Gasteiger partial charge in [0.25, 0.3) is 11.6 Å². The van der Waals surface area contributed by atoms with Crippen LogP contribution in [0.2, 0.25) is 0 Å². The number of hydrogen-bond acceptors (Lipinski definition) is 11. The number of hydrogen-bond donors (Lipinski definition) is 2. The molecule has 0 radical (unpaired) electrons. The van der Waals surface area contributed by atoms with Gasteiger partial charge in [-0.05, 0) is 26.8 Å². The van der Waals surface area contributed by atoms with Crippen LogP contribution in [0.15, 0.2) is 18.2 Å². The van der Waals surface area contributed by atoms with E-state index < -0.39 is 28.5 Å². The third-order valence-corrected chi connectivity index (χ3v) is 4.54.